The molecule has 2 heterocycles. The molecule has 5 amide bonds. The SMILES string of the molecule is CCN(CC)CC(C)(C)S(=O)(=O)CC1(NC(=O)N[C@H]2CCCCCCCCCC[C@@H](C(=O)C(=O)NC3CC3)NC(=O)[C@@H]3[C@@H]4[C@H](CN3C2=O)C4(C)C)CCCCC1. The number of ketones is 1. The molecule has 0 aromatic rings. The lowest BCUT2D eigenvalue weighted by molar-refractivity contribution is -0.144. The van der Waals surface area contributed by atoms with Crippen LogP contribution in [0.25, 0.3) is 0 Å². The van der Waals surface area contributed by atoms with Gasteiger partial charge in [0.1, 0.15) is 12.1 Å². The Kier molecular flexibility index (Phi) is 14.6. The van der Waals surface area contributed by atoms with Crippen LogP contribution in [0.15, 0.2) is 0 Å². The Bertz CT molecular complexity index is 1530. The Hall–Kier alpha value is -2.74. The molecule has 3 aliphatic carbocycles. The largest absolute Gasteiger partial charge is 0.347 e. The molecule has 0 bridgehead atoms. The summed E-state index contributed by atoms with van der Waals surface area (Å²) in [6.07, 6.45) is 13.3. The van der Waals surface area contributed by atoms with Gasteiger partial charge in [0.25, 0.3) is 5.91 Å². The van der Waals surface area contributed by atoms with Crippen molar-refractivity contribution in [2.45, 2.75) is 185 Å². The van der Waals surface area contributed by atoms with Crippen LogP contribution in [0.5, 0.6) is 0 Å². The van der Waals surface area contributed by atoms with Gasteiger partial charge in [-0.2, -0.15) is 0 Å². The lowest BCUT2D eigenvalue weighted by Crippen LogP contribution is -2.62. The van der Waals surface area contributed by atoms with Crippen molar-refractivity contribution in [3.05, 3.63) is 0 Å². The molecular weight excluding hydrogens is 733 g/mol. The van der Waals surface area contributed by atoms with Crippen molar-refractivity contribution in [1.29, 1.82) is 0 Å². The lowest BCUT2D eigenvalue weighted by atomic mass is 9.83. The van der Waals surface area contributed by atoms with Gasteiger partial charge in [-0.25, -0.2) is 13.2 Å². The molecule has 318 valence electrons. The molecule has 56 heavy (non-hydrogen) atoms. The van der Waals surface area contributed by atoms with Crippen molar-refractivity contribution >= 4 is 39.4 Å². The zero-order chi connectivity index (χ0) is 40.9. The highest BCUT2D eigenvalue weighted by Gasteiger charge is 2.69. The second-order valence-corrected chi connectivity index (χ2v) is 21.6. The minimum absolute atomic E-state index is 0.0108. The molecule has 5 aliphatic rings. The first-order valence-corrected chi connectivity index (χ1v) is 23.6. The summed E-state index contributed by atoms with van der Waals surface area (Å²) in [6.45, 7) is 14.0. The number of carbonyl (C=O) groups excluding carboxylic acids is 5. The van der Waals surface area contributed by atoms with Crippen LogP contribution in [0.1, 0.15) is 151 Å². The van der Waals surface area contributed by atoms with Gasteiger partial charge in [0.15, 0.2) is 9.84 Å². The summed E-state index contributed by atoms with van der Waals surface area (Å²) in [7, 11) is -3.67. The van der Waals surface area contributed by atoms with Crippen molar-refractivity contribution in [2.24, 2.45) is 17.3 Å². The van der Waals surface area contributed by atoms with Crippen LogP contribution in [0, 0.1) is 17.3 Å². The topological polar surface area (TPSA) is 174 Å². The van der Waals surface area contributed by atoms with Crippen LogP contribution in [0.3, 0.4) is 0 Å². The fourth-order valence-electron chi connectivity index (χ4n) is 9.81. The van der Waals surface area contributed by atoms with Crippen LogP contribution in [-0.2, 0) is 29.0 Å². The van der Waals surface area contributed by atoms with Crippen LogP contribution in [-0.4, -0.2) is 114 Å². The number of nitrogens with zero attached hydrogens (tertiary/aromatic N) is 2. The molecular formula is C42H72N6O7S. The number of carbonyl (C=O) groups is 5. The van der Waals surface area contributed by atoms with Gasteiger partial charge < -0.3 is 31.1 Å². The van der Waals surface area contributed by atoms with E-state index < -0.39 is 61.9 Å². The number of nitrogens with one attached hydrogen (secondary N) is 4. The highest BCUT2D eigenvalue weighted by atomic mass is 32.2. The summed E-state index contributed by atoms with van der Waals surface area (Å²) in [4.78, 5) is 73.1. The molecule has 0 unspecified atom stereocenters. The van der Waals surface area contributed by atoms with E-state index in [1.807, 2.05) is 13.8 Å². The number of piperidine rings is 1. The molecule has 2 saturated heterocycles. The normalized spacial score (nSPS) is 29.0. The first-order valence-electron chi connectivity index (χ1n) is 21.9. The zero-order valence-corrected chi connectivity index (χ0v) is 36.0. The van der Waals surface area contributed by atoms with Gasteiger partial charge in [0, 0.05) is 19.1 Å². The fraction of sp³-hybridized carbons (Fsp3) is 0.881. The smallest absolute Gasteiger partial charge is 0.315 e. The van der Waals surface area contributed by atoms with E-state index >= 15 is 0 Å². The van der Waals surface area contributed by atoms with Gasteiger partial charge in [-0.1, -0.05) is 98.3 Å². The molecule has 0 spiro atoms. The molecule has 5 rings (SSSR count). The standard InChI is InChI=1S/C42H72N6O7S/c1-7-47(8-2)27-40(3,4)56(54,55)28-42(24-18-15-19-25-42)46-39(53)45-32-21-17-14-12-10-9-11-13-16-20-31(35(49)37(51)43-29-22-23-29)44-36(50)34-33-30(41(33,5)6)26-48(34)38(32)52/h29-34H,7-28H2,1-6H3,(H,43,51)(H,44,50)(H2,45,46,53)/t30-,31-,32-,33-,34-/m0/s1. The van der Waals surface area contributed by atoms with Gasteiger partial charge in [-0.15, -0.1) is 0 Å². The average molecular weight is 805 g/mol. The van der Waals surface area contributed by atoms with Crippen molar-refractivity contribution in [3.63, 3.8) is 0 Å². The van der Waals surface area contributed by atoms with E-state index in [0.29, 0.717) is 51.6 Å². The summed E-state index contributed by atoms with van der Waals surface area (Å²) in [5.41, 5.74) is -1.14. The first kappa shape index (κ1) is 44.4. The Balaban J connectivity index is 1.36. The number of hydrogen-bond donors (Lipinski definition) is 4. The average Bonchev–Trinajstić information content (AvgIpc) is 3.99. The van der Waals surface area contributed by atoms with Gasteiger partial charge in [-0.3, -0.25) is 19.2 Å². The van der Waals surface area contributed by atoms with E-state index in [0.717, 1.165) is 83.7 Å². The lowest BCUT2D eigenvalue weighted by Gasteiger charge is -2.41. The Morgan fingerprint density at radius 3 is 2.00 bits per heavy atom. The molecule has 0 radical (unpaired) electrons. The monoisotopic (exact) mass is 805 g/mol. The predicted octanol–water partition coefficient (Wildman–Crippen LogP) is 4.62. The third kappa shape index (κ3) is 10.7. The number of urea groups is 1. The molecule has 0 aromatic carbocycles. The van der Waals surface area contributed by atoms with Gasteiger partial charge in [-0.05, 0) is 82.7 Å². The second kappa shape index (κ2) is 18.5. The van der Waals surface area contributed by atoms with Crippen LogP contribution < -0.4 is 21.3 Å². The summed E-state index contributed by atoms with van der Waals surface area (Å²) < 4.78 is 27.2. The van der Waals surface area contributed by atoms with Gasteiger partial charge in [0.2, 0.25) is 17.6 Å². The number of amides is 5. The minimum atomic E-state index is -3.67. The van der Waals surface area contributed by atoms with E-state index in [9.17, 15) is 32.4 Å². The van der Waals surface area contributed by atoms with Gasteiger partial charge in [0.05, 0.1) is 22.1 Å². The van der Waals surface area contributed by atoms with E-state index in [2.05, 4.69) is 40.0 Å². The predicted molar refractivity (Wildman–Crippen MR) is 217 cm³/mol. The molecule has 5 atom stereocenters. The van der Waals surface area contributed by atoms with Crippen LogP contribution in [0.4, 0.5) is 4.79 Å². The number of hydrogen-bond acceptors (Lipinski definition) is 8. The van der Waals surface area contributed by atoms with Crippen molar-refractivity contribution < 1.29 is 32.4 Å². The van der Waals surface area contributed by atoms with E-state index in [-0.39, 0.29) is 35.0 Å². The van der Waals surface area contributed by atoms with E-state index in [1.165, 1.54) is 0 Å². The molecule has 14 heteroatoms. The highest BCUT2D eigenvalue weighted by molar-refractivity contribution is 7.92. The second-order valence-electron chi connectivity index (χ2n) is 18.9. The summed E-state index contributed by atoms with van der Waals surface area (Å²) >= 11 is 0. The minimum Gasteiger partial charge on any atom is -0.347 e. The number of sulfone groups is 1. The highest BCUT2D eigenvalue weighted by Crippen LogP contribution is 2.65. The molecule has 2 aliphatic heterocycles. The molecule has 13 nitrogen and oxygen atoms in total. The summed E-state index contributed by atoms with van der Waals surface area (Å²) in [5.74, 6) is -2.28. The fourth-order valence-corrected chi connectivity index (χ4v) is 11.7. The maximum Gasteiger partial charge on any atom is 0.315 e. The first-order chi connectivity index (χ1) is 26.4. The van der Waals surface area contributed by atoms with Crippen molar-refractivity contribution in [2.75, 3.05) is 31.9 Å². The quantitative estimate of drug-likeness (QED) is 0.207. The molecule has 3 saturated carbocycles. The van der Waals surface area contributed by atoms with Crippen LogP contribution >= 0.6 is 0 Å². The van der Waals surface area contributed by atoms with E-state index in [1.54, 1.807) is 18.7 Å². The Morgan fingerprint density at radius 2 is 1.41 bits per heavy atom. The summed E-state index contributed by atoms with van der Waals surface area (Å²) in [5, 5.41) is 11.8. The van der Waals surface area contributed by atoms with Crippen molar-refractivity contribution in [1.82, 2.24) is 31.1 Å². The maximum absolute atomic E-state index is 14.6. The molecule has 0 aromatic heterocycles. The Morgan fingerprint density at radius 1 is 0.839 bits per heavy atom. The Labute approximate surface area is 336 Å². The molecule has 4 N–H and O–H groups in total. The maximum atomic E-state index is 14.6. The van der Waals surface area contributed by atoms with E-state index in [4.69, 9.17) is 0 Å². The number of rotatable bonds is 12. The number of Topliss-reactive ketones (excluding diaryl/α,β-unsaturated/α-hetero) is 1. The van der Waals surface area contributed by atoms with Crippen molar-refractivity contribution in [3.8, 4) is 0 Å². The van der Waals surface area contributed by atoms with Crippen LogP contribution in [0.2, 0.25) is 0 Å². The third-order valence-electron chi connectivity index (χ3n) is 13.9. The zero-order valence-electron chi connectivity index (χ0n) is 35.2. The number of fused-ring (bicyclic) bond motifs is 3. The molecule has 5 fully saturated rings. The van der Waals surface area contributed by atoms with Gasteiger partial charge >= 0.3 is 6.03 Å². The third-order valence-corrected chi connectivity index (χ3v) is 16.6. The summed E-state index contributed by atoms with van der Waals surface area (Å²) in [6, 6.07) is -3.29.